The topological polar surface area (TPSA) is 29.1 Å². The van der Waals surface area contributed by atoms with Crippen molar-refractivity contribution in [3.8, 4) is 0 Å². The first kappa shape index (κ1) is 16.5. The monoisotopic (exact) mass is 321 g/mol. The number of carbonyl (C=O) groups excluding carboxylic acids is 1. The third-order valence-corrected chi connectivity index (χ3v) is 4.31. The van der Waals surface area contributed by atoms with Crippen LogP contribution in [0.2, 0.25) is 0 Å². The van der Waals surface area contributed by atoms with Crippen LogP contribution >= 0.6 is 11.8 Å². The minimum absolute atomic E-state index is 0.141. The number of hydrogen-bond acceptors (Lipinski definition) is 2. The third-order valence-electron chi connectivity index (χ3n) is 3.31. The van der Waals surface area contributed by atoms with Crippen LogP contribution in [0.1, 0.15) is 21.5 Å². The van der Waals surface area contributed by atoms with Gasteiger partial charge in [0, 0.05) is 23.3 Å². The molecule has 1 amide bonds. The van der Waals surface area contributed by atoms with E-state index in [9.17, 15) is 13.6 Å². The molecule has 0 aliphatic heterocycles. The van der Waals surface area contributed by atoms with Crippen molar-refractivity contribution in [3.05, 3.63) is 64.7 Å². The highest BCUT2D eigenvalue weighted by atomic mass is 32.2. The summed E-state index contributed by atoms with van der Waals surface area (Å²) in [5.41, 5.74) is 2.32. The Kier molecular flexibility index (Phi) is 5.55. The highest BCUT2D eigenvalue weighted by molar-refractivity contribution is 7.99. The number of nitrogens with one attached hydrogen (secondary N) is 1. The smallest absolute Gasteiger partial charge is 0.254 e. The van der Waals surface area contributed by atoms with Gasteiger partial charge in [-0.2, -0.15) is 0 Å². The molecule has 0 spiro atoms. The molecule has 0 fully saturated rings. The van der Waals surface area contributed by atoms with E-state index in [-0.39, 0.29) is 5.56 Å². The molecule has 22 heavy (non-hydrogen) atoms. The van der Waals surface area contributed by atoms with E-state index in [1.807, 2.05) is 6.07 Å². The first-order valence-electron chi connectivity index (χ1n) is 6.90. The molecule has 1 N–H and O–H groups in total. The fourth-order valence-corrected chi connectivity index (χ4v) is 2.77. The van der Waals surface area contributed by atoms with Gasteiger partial charge < -0.3 is 5.32 Å². The van der Waals surface area contributed by atoms with Gasteiger partial charge >= 0.3 is 0 Å². The fraction of sp³-hybridized carbons (Fsp3) is 0.235. The van der Waals surface area contributed by atoms with Crippen molar-refractivity contribution in [2.24, 2.45) is 0 Å². The van der Waals surface area contributed by atoms with Crippen LogP contribution in [0.4, 0.5) is 8.78 Å². The molecule has 0 aliphatic carbocycles. The van der Waals surface area contributed by atoms with Crippen molar-refractivity contribution < 1.29 is 13.6 Å². The number of carbonyl (C=O) groups is 1. The van der Waals surface area contributed by atoms with Crippen LogP contribution in [0.5, 0.6) is 0 Å². The second kappa shape index (κ2) is 7.40. The number of aryl methyl sites for hydroxylation is 2. The van der Waals surface area contributed by atoms with E-state index >= 15 is 0 Å². The van der Waals surface area contributed by atoms with Gasteiger partial charge in [-0.1, -0.05) is 6.07 Å². The van der Waals surface area contributed by atoms with Crippen molar-refractivity contribution in [2.45, 2.75) is 18.7 Å². The predicted octanol–water partition coefficient (Wildman–Crippen LogP) is 4.10. The Morgan fingerprint density at radius 1 is 1.09 bits per heavy atom. The molecule has 0 aliphatic rings. The summed E-state index contributed by atoms with van der Waals surface area (Å²) in [6, 6.07) is 9.12. The van der Waals surface area contributed by atoms with E-state index in [1.54, 1.807) is 11.8 Å². The molecule has 2 nitrogen and oxygen atoms in total. The zero-order valence-electron chi connectivity index (χ0n) is 12.5. The van der Waals surface area contributed by atoms with Crippen molar-refractivity contribution in [2.75, 3.05) is 12.3 Å². The summed E-state index contributed by atoms with van der Waals surface area (Å²) in [7, 11) is 0. The van der Waals surface area contributed by atoms with Crippen molar-refractivity contribution in [3.63, 3.8) is 0 Å². The van der Waals surface area contributed by atoms with Crippen LogP contribution in [0.15, 0.2) is 41.3 Å². The van der Waals surface area contributed by atoms with Crippen LogP contribution < -0.4 is 5.32 Å². The maximum absolute atomic E-state index is 13.5. The third kappa shape index (κ3) is 4.31. The van der Waals surface area contributed by atoms with Crippen LogP contribution in [0.25, 0.3) is 0 Å². The number of amides is 1. The lowest BCUT2D eigenvalue weighted by atomic mass is 10.1. The molecule has 0 bridgehead atoms. The molecule has 5 heteroatoms. The molecule has 2 aromatic rings. The summed E-state index contributed by atoms with van der Waals surface area (Å²) < 4.78 is 26.2. The molecule has 0 saturated carbocycles. The van der Waals surface area contributed by atoms with E-state index in [0.717, 1.165) is 17.0 Å². The van der Waals surface area contributed by atoms with Crippen LogP contribution in [0, 0.1) is 25.5 Å². The molecule has 0 aromatic heterocycles. The average Bonchev–Trinajstić information content (AvgIpc) is 2.47. The summed E-state index contributed by atoms with van der Waals surface area (Å²) in [5, 5.41) is 2.63. The van der Waals surface area contributed by atoms with E-state index in [4.69, 9.17) is 0 Å². The predicted molar refractivity (Wildman–Crippen MR) is 85.3 cm³/mol. The van der Waals surface area contributed by atoms with Crippen LogP contribution in [-0.4, -0.2) is 18.2 Å². The van der Waals surface area contributed by atoms with Gasteiger partial charge in [0.2, 0.25) is 0 Å². The van der Waals surface area contributed by atoms with Crippen LogP contribution in [0.3, 0.4) is 0 Å². The van der Waals surface area contributed by atoms with Gasteiger partial charge in [-0.3, -0.25) is 4.79 Å². The van der Waals surface area contributed by atoms with Gasteiger partial charge in [0.1, 0.15) is 11.6 Å². The van der Waals surface area contributed by atoms with Gasteiger partial charge in [0.15, 0.2) is 0 Å². The Morgan fingerprint density at radius 2 is 1.86 bits per heavy atom. The molecular weight excluding hydrogens is 304 g/mol. The molecule has 2 rings (SSSR count). The first-order valence-corrected chi connectivity index (χ1v) is 7.89. The largest absolute Gasteiger partial charge is 0.351 e. The number of benzene rings is 2. The molecule has 116 valence electrons. The first-order chi connectivity index (χ1) is 10.5. The molecule has 0 heterocycles. The SMILES string of the molecule is Cc1ccc(SCCNC(=O)c2ccc(F)cc2F)cc1C. The Labute approximate surface area is 132 Å². The second-order valence-electron chi connectivity index (χ2n) is 4.97. The molecule has 0 radical (unpaired) electrons. The Bertz CT molecular complexity index is 688. The molecular formula is C17H17F2NOS. The van der Waals surface area contributed by atoms with E-state index in [1.165, 1.54) is 11.1 Å². The van der Waals surface area contributed by atoms with Crippen molar-refractivity contribution in [1.82, 2.24) is 5.32 Å². The number of hydrogen-bond donors (Lipinski definition) is 1. The zero-order chi connectivity index (χ0) is 16.1. The highest BCUT2D eigenvalue weighted by Gasteiger charge is 2.11. The highest BCUT2D eigenvalue weighted by Crippen LogP contribution is 2.20. The summed E-state index contributed by atoms with van der Waals surface area (Å²) in [6.45, 7) is 4.52. The van der Waals surface area contributed by atoms with Gasteiger partial charge in [-0.15, -0.1) is 11.8 Å². The number of halogens is 2. The minimum atomic E-state index is -0.848. The summed E-state index contributed by atoms with van der Waals surface area (Å²) in [5.74, 6) is -1.39. The van der Waals surface area contributed by atoms with Crippen molar-refractivity contribution >= 4 is 17.7 Å². The van der Waals surface area contributed by atoms with Crippen molar-refractivity contribution in [1.29, 1.82) is 0 Å². The Morgan fingerprint density at radius 3 is 2.55 bits per heavy atom. The quantitative estimate of drug-likeness (QED) is 0.663. The van der Waals surface area contributed by atoms with Gasteiger partial charge in [-0.25, -0.2) is 8.78 Å². The Hall–Kier alpha value is -1.88. The number of rotatable bonds is 5. The summed E-state index contributed by atoms with van der Waals surface area (Å²) in [6.07, 6.45) is 0. The normalized spacial score (nSPS) is 10.5. The zero-order valence-corrected chi connectivity index (χ0v) is 13.3. The lowest BCUT2D eigenvalue weighted by Gasteiger charge is -2.07. The maximum Gasteiger partial charge on any atom is 0.254 e. The Balaban J connectivity index is 1.83. The van der Waals surface area contributed by atoms with Gasteiger partial charge in [-0.05, 0) is 49.2 Å². The van der Waals surface area contributed by atoms with Gasteiger partial charge in [0.25, 0.3) is 5.91 Å². The maximum atomic E-state index is 13.5. The minimum Gasteiger partial charge on any atom is -0.351 e. The molecule has 2 aromatic carbocycles. The lowest BCUT2D eigenvalue weighted by Crippen LogP contribution is -2.26. The number of thioether (sulfide) groups is 1. The molecule has 0 atom stereocenters. The lowest BCUT2D eigenvalue weighted by molar-refractivity contribution is 0.0952. The second-order valence-corrected chi connectivity index (χ2v) is 6.14. The summed E-state index contributed by atoms with van der Waals surface area (Å²) >= 11 is 1.62. The van der Waals surface area contributed by atoms with Crippen LogP contribution in [-0.2, 0) is 0 Å². The fourth-order valence-electron chi connectivity index (χ4n) is 1.91. The molecule has 0 unspecified atom stereocenters. The van der Waals surface area contributed by atoms with E-state index in [2.05, 4.69) is 31.3 Å². The average molecular weight is 321 g/mol. The molecule has 0 saturated heterocycles. The standard InChI is InChI=1S/C17H17F2NOS/c1-11-3-5-14(9-12(11)2)22-8-7-20-17(21)15-6-4-13(18)10-16(15)19/h3-6,9-10H,7-8H2,1-2H3,(H,20,21). The van der Waals surface area contributed by atoms with E-state index < -0.39 is 17.5 Å². The van der Waals surface area contributed by atoms with E-state index in [0.29, 0.717) is 18.4 Å². The van der Waals surface area contributed by atoms with Gasteiger partial charge in [0.05, 0.1) is 5.56 Å². The summed E-state index contributed by atoms with van der Waals surface area (Å²) in [4.78, 5) is 12.9.